The molecule has 0 aromatic heterocycles. The Kier molecular flexibility index (Phi) is 10.4. The van der Waals surface area contributed by atoms with E-state index in [0.717, 1.165) is 0 Å². The molecule has 0 aliphatic carbocycles. The lowest BCUT2D eigenvalue weighted by Gasteiger charge is -2.40. The SMILES string of the molecule is CCOC(=O)C(C(=O)OCC)C(CC(=O)C[C@@H]1O[C@H](CO)[C@@H](O)[C@H](O)[C@H]1O)c1ccccc1. The predicted octanol–water partition coefficient (Wildman–Crippen LogP) is -0.296. The lowest BCUT2D eigenvalue weighted by Crippen LogP contribution is -2.58. The number of benzene rings is 1. The summed E-state index contributed by atoms with van der Waals surface area (Å²) >= 11 is 0. The normalized spacial score (nSPS) is 26.0. The molecule has 0 bridgehead atoms. The minimum absolute atomic E-state index is 0.0368. The van der Waals surface area contributed by atoms with Crippen molar-refractivity contribution in [1.29, 1.82) is 0 Å². The van der Waals surface area contributed by atoms with Gasteiger partial charge in [0.25, 0.3) is 0 Å². The Morgan fingerprint density at radius 3 is 1.97 bits per heavy atom. The van der Waals surface area contributed by atoms with Crippen LogP contribution in [0.2, 0.25) is 0 Å². The number of ether oxygens (including phenoxy) is 3. The summed E-state index contributed by atoms with van der Waals surface area (Å²) in [5, 5.41) is 39.5. The van der Waals surface area contributed by atoms with Crippen LogP contribution in [0.15, 0.2) is 30.3 Å². The van der Waals surface area contributed by atoms with Crippen LogP contribution in [-0.4, -0.2) is 88.5 Å². The first-order valence-corrected chi connectivity index (χ1v) is 10.9. The van der Waals surface area contributed by atoms with Gasteiger partial charge in [0.15, 0.2) is 5.92 Å². The molecule has 33 heavy (non-hydrogen) atoms. The summed E-state index contributed by atoms with van der Waals surface area (Å²) in [6, 6.07) is 8.52. The van der Waals surface area contributed by atoms with Gasteiger partial charge in [-0.25, -0.2) is 0 Å². The summed E-state index contributed by atoms with van der Waals surface area (Å²) < 4.78 is 15.6. The van der Waals surface area contributed by atoms with Crippen LogP contribution < -0.4 is 0 Å². The number of Topliss-reactive ketones (excluding diaryl/α,β-unsaturated/α-hetero) is 1. The van der Waals surface area contributed by atoms with E-state index in [2.05, 4.69) is 0 Å². The minimum atomic E-state index is -1.61. The Bertz CT molecular complexity index is 763. The van der Waals surface area contributed by atoms with E-state index in [1.807, 2.05) is 0 Å². The highest BCUT2D eigenvalue weighted by molar-refractivity contribution is 5.97. The van der Waals surface area contributed by atoms with E-state index in [-0.39, 0.29) is 26.1 Å². The van der Waals surface area contributed by atoms with Crippen LogP contribution in [0, 0.1) is 5.92 Å². The molecule has 6 atom stereocenters. The highest BCUT2D eigenvalue weighted by atomic mass is 16.6. The summed E-state index contributed by atoms with van der Waals surface area (Å²) in [6.07, 6.45) is -7.68. The molecular weight excluding hydrogens is 436 g/mol. The number of carbonyl (C=O) groups excluding carboxylic acids is 3. The zero-order valence-corrected chi connectivity index (χ0v) is 18.7. The van der Waals surface area contributed by atoms with E-state index in [4.69, 9.17) is 14.2 Å². The van der Waals surface area contributed by atoms with Crippen LogP contribution >= 0.6 is 0 Å². The van der Waals surface area contributed by atoms with Crippen molar-refractivity contribution in [3.05, 3.63) is 35.9 Å². The highest BCUT2D eigenvalue weighted by Gasteiger charge is 2.45. The van der Waals surface area contributed by atoms with Crippen molar-refractivity contribution in [2.24, 2.45) is 5.92 Å². The average molecular weight is 468 g/mol. The molecule has 0 amide bonds. The summed E-state index contributed by atoms with van der Waals surface area (Å²) in [7, 11) is 0. The first kappa shape index (κ1) is 26.9. The van der Waals surface area contributed by atoms with Gasteiger partial charge in [0, 0.05) is 18.8 Å². The largest absolute Gasteiger partial charge is 0.465 e. The van der Waals surface area contributed by atoms with Gasteiger partial charge in [0.05, 0.1) is 25.9 Å². The Morgan fingerprint density at radius 1 is 0.909 bits per heavy atom. The van der Waals surface area contributed by atoms with Crippen LogP contribution in [0.5, 0.6) is 0 Å². The second kappa shape index (κ2) is 12.8. The number of hydrogen-bond donors (Lipinski definition) is 4. The van der Waals surface area contributed by atoms with E-state index >= 15 is 0 Å². The fourth-order valence-corrected chi connectivity index (χ4v) is 3.92. The molecule has 1 fully saturated rings. The zero-order valence-electron chi connectivity index (χ0n) is 18.7. The molecule has 0 saturated carbocycles. The quantitative estimate of drug-likeness (QED) is 0.251. The van der Waals surface area contributed by atoms with Gasteiger partial charge in [-0.05, 0) is 19.4 Å². The number of aliphatic hydroxyl groups excluding tert-OH is 4. The molecule has 1 saturated heterocycles. The number of esters is 2. The van der Waals surface area contributed by atoms with Gasteiger partial charge in [-0.2, -0.15) is 0 Å². The molecule has 1 unspecified atom stereocenters. The van der Waals surface area contributed by atoms with Crippen molar-refractivity contribution in [3.8, 4) is 0 Å². The Balaban J connectivity index is 2.28. The maximum absolute atomic E-state index is 13.0. The molecule has 1 aliphatic rings. The summed E-state index contributed by atoms with van der Waals surface area (Å²) in [4.78, 5) is 38.3. The van der Waals surface area contributed by atoms with Crippen molar-refractivity contribution < 1.29 is 49.0 Å². The van der Waals surface area contributed by atoms with Crippen molar-refractivity contribution >= 4 is 17.7 Å². The first-order valence-electron chi connectivity index (χ1n) is 10.9. The van der Waals surface area contributed by atoms with Crippen LogP contribution in [0.3, 0.4) is 0 Å². The number of hydrogen-bond acceptors (Lipinski definition) is 10. The standard InChI is InChI=1S/C23H32O10/c1-3-31-22(29)18(23(30)32-4-2)15(13-8-6-5-7-9-13)10-14(25)11-16-19(26)21(28)20(27)17(12-24)33-16/h5-9,15-21,24,26-28H,3-4,10-12H2,1-2H3/t15?,16-,17+,19-,20+,21+/m0/s1. The molecule has 0 radical (unpaired) electrons. The third-order valence-corrected chi connectivity index (χ3v) is 5.58. The monoisotopic (exact) mass is 468 g/mol. The third kappa shape index (κ3) is 6.81. The lowest BCUT2D eigenvalue weighted by molar-refractivity contribution is -0.229. The van der Waals surface area contributed by atoms with Gasteiger partial charge in [0.2, 0.25) is 0 Å². The molecule has 2 rings (SSSR count). The molecular formula is C23H32O10. The maximum Gasteiger partial charge on any atom is 0.320 e. The van der Waals surface area contributed by atoms with E-state index in [9.17, 15) is 34.8 Å². The predicted molar refractivity (Wildman–Crippen MR) is 114 cm³/mol. The van der Waals surface area contributed by atoms with Crippen LogP contribution in [0.4, 0.5) is 0 Å². The second-order valence-electron chi connectivity index (χ2n) is 7.81. The second-order valence-corrected chi connectivity index (χ2v) is 7.81. The average Bonchev–Trinajstić information content (AvgIpc) is 2.80. The smallest absolute Gasteiger partial charge is 0.320 e. The molecule has 4 N–H and O–H groups in total. The Labute approximate surface area is 192 Å². The van der Waals surface area contributed by atoms with Crippen LogP contribution in [0.25, 0.3) is 0 Å². The van der Waals surface area contributed by atoms with Crippen molar-refractivity contribution in [1.82, 2.24) is 0 Å². The molecule has 1 aromatic carbocycles. The van der Waals surface area contributed by atoms with Crippen molar-refractivity contribution in [3.63, 3.8) is 0 Å². The maximum atomic E-state index is 13.0. The molecule has 1 heterocycles. The highest BCUT2D eigenvalue weighted by Crippen LogP contribution is 2.32. The molecule has 1 aromatic rings. The van der Waals surface area contributed by atoms with E-state index in [1.165, 1.54) is 0 Å². The number of ketones is 1. The number of rotatable bonds is 11. The van der Waals surface area contributed by atoms with Crippen LogP contribution in [-0.2, 0) is 28.6 Å². The van der Waals surface area contributed by atoms with Gasteiger partial charge >= 0.3 is 11.9 Å². The Hall–Kier alpha value is -2.37. The summed E-state index contributed by atoms with van der Waals surface area (Å²) in [6.45, 7) is 2.66. The first-order chi connectivity index (χ1) is 15.7. The van der Waals surface area contributed by atoms with E-state index in [1.54, 1.807) is 44.2 Å². The van der Waals surface area contributed by atoms with Crippen molar-refractivity contribution in [2.75, 3.05) is 19.8 Å². The molecule has 0 spiro atoms. The van der Waals surface area contributed by atoms with Gasteiger partial charge in [-0.3, -0.25) is 14.4 Å². The Morgan fingerprint density at radius 2 is 1.45 bits per heavy atom. The summed E-state index contributed by atoms with van der Waals surface area (Å²) in [5.74, 6) is -4.38. The number of carbonyl (C=O) groups is 3. The number of aliphatic hydroxyl groups is 4. The van der Waals surface area contributed by atoms with Crippen LogP contribution in [0.1, 0.15) is 38.2 Å². The lowest BCUT2D eigenvalue weighted by atomic mass is 9.81. The minimum Gasteiger partial charge on any atom is -0.465 e. The van der Waals surface area contributed by atoms with Gasteiger partial charge < -0.3 is 34.6 Å². The van der Waals surface area contributed by atoms with Gasteiger partial charge in [0.1, 0.15) is 30.2 Å². The molecule has 184 valence electrons. The summed E-state index contributed by atoms with van der Waals surface area (Å²) in [5.41, 5.74) is 0.547. The van der Waals surface area contributed by atoms with E-state index in [0.29, 0.717) is 5.56 Å². The fraction of sp³-hybridized carbons (Fsp3) is 0.609. The molecule has 10 heteroatoms. The fourth-order valence-electron chi connectivity index (χ4n) is 3.92. The topological polar surface area (TPSA) is 160 Å². The van der Waals surface area contributed by atoms with Gasteiger partial charge in [-0.1, -0.05) is 30.3 Å². The zero-order chi connectivity index (χ0) is 24.5. The molecule has 10 nitrogen and oxygen atoms in total. The van der Waals surface area contributed by atoms with Crippen molar-refractivity contribution in [2.45, 2.75) is 63.1 Å². The molecule has 1 aliphatic heterocycles. The van der Waals surface area contributed by atoms with E-state index < -0.39 is 66.7 Å². The third-order valence-electron chi connectivity index (χ3n) is 5.58. The van der Waals surface area contributed by atoms with Gasteiger partial charge in [-0.15, -0.1) is 0 Å².